The third kappa shape index (κ3) is 5.21. The van der Waals surface area contributed by atoms with Crippen LogP contribution in [-0.4, -0.2) is 32.1 Å². The molecule has 0 aliphatic heterocycles. The molecule has 0 aromatic heterocycles. The van der Waals surface area contributed by atoms with Crippen LogP contribution >= 0.6 is 0 Å². The first-order valence-corrected chi connectivity index (χ1v) is 7.02. The van der Waals surface area contributed by atoms with Gasteiger partial charge in [-0.1, -0.05) is 31.5 Å². The molecule has 3 nitrogen and oxygen atoms in total. The molecule has 0 radical (unpaired) electrons. The van der Waals surface area contributed by atoms with E-state index in [2.05, 4.69) is 44.9 Å². The predicted molar refractivity (Wildman–Crippen MR) is 81.6 cm³/mol. The first-order chi connectivity index (χ1) is 8.93. The first kappa shape index (κ1) is 16.0. The largest absolute Gasteiger partial charge is 0.496 e. The molecular formula is C16H28N2O. The van der Waals surface area contributed by atoms with Gasteiger partial charge in [-0.3, -0.25) is 0 Å². The normalized spacial score (nSPS) is 13.1. The van der Waals surface area contributed by atoms with Crippen molar-refractivity contribution in [3.8, 4) is 5.75 Å². The highest BCUT2D eigenvalue weighted by Gasteiger charge is 2.14. The van der Waals surface area contributed by atoms with Crippen LogP contribution in [0.5, 0.6) is 5.75 Å². The van der Waals surface area contributed by atoms with Crippen LogP contribution in [0.15, 0.2) is 18.2 Å². The number of nitrogens with two attached hydrogens (primary N) is 1. The molecule has 1 unspecified atom stereocenters. The summed E-state index contributed by atoms with van der Waals surface area (Å²) in [5, 5.41) is 0. The second-order valence-corrected chi connectivity index (χ2v) is 5.80. The maximum absolute atomic E-state index is 6.33. The zero-order valence-corrected chi connectivity index (χ0v) is 12.9. The summed E-state index contributed by atoms with van der Waals surface area (Å²) in [4.78, 5) is 2.30. The van der Waals surface area contributed by atoms with Gasteiger partial charge >= 0.3 is 0 Å². The van der Waals surface area contributed by atoms with Gasteiger partial charge in [-0.25, -0.2) is 0 Å². The standard InChI is InChI=1S/C16H28N2O/c1-12(2)8-9-18(4)11-15(17)14-10-13(3)6-7-16(14)19-5/h6-7,10,12,15H,8-9,11,17H2,1-5H3. The smallest absolute Gasteiger partial charge is 0.123 e. The van der Waals surface area contributed by atoms with Crippen LogP contribution in [-0.2, 0) is 0 Å². The Morgan fingerprint density at radius 2 is 2.00 bits per heavy atom. The quantitative estimate of drug-likeness (QED) is 0.823. The van der Waals surface area contributed by atoms with Gasteiger partial charge in [-0.15, -0.1) is 0 Å². The zero-order chi connectivity index (χ0) is 14.4. The molecule has 1 rings (SSSR count). The molecule has 0 fully saturated rings. The third-order valence-electron chi connectivity index (χ3n) is 3.38. The fourth-order valence-corrected chi connectivity index (χ4v) is 2.15. The molecule has 0 amide bonds. The summed E-state index contributed by atoms with van der Waals surface area (Å²) in [6, 6.07) is 6.17. The number of methoxy groups -OCH3 is 1. The van der Waals surface area contributed by atoms with E-state index < -0.39 is 0 Å². The number of benzene rings is 1. The van der Waals surface area contributed by atoms with Gasteiger partial charge in [0.05, 0.1) is 7.11 Å². The highest BCUT2D eigenvalue weighted by Crippen LogP contribution is 2.25. The van der Waals surface area contributed by atoms with Gasteiger partial charge in [-0.05, 0) is 38.9 Å². The average molecular weight is 264 g/mol. The van der Waals surface area contributed by atoms with E-state index in [-0.39, 0.29) is 6.04 Å². The molecule has 0 bridgehead atoms. The van der Waals surface area contributed by atoms with Crippen LogP contribution in [0, 0.1) is 12.8 Å². The van der Waals surface area contributed by atoms with Crippen LogP contribution < -0.4 is 10.5 Å². The fourth-order valence-electron chi connectivity index (χ4n) is 2.15. The maximum atomic E-state index is 6.33. The highest BCUT2D eigenvalue weighted by molar-refractivity contribution is 5.39. The minimum absolute atomic E-state index is 0.00740. The van der Waals surface area contributed by atoms with Crippen molar-refractivity contribution in [3.05, 3.63) is 29.3 Å². The molecular weight excluding hydrogens is 236 g/mol. The number of hydrogen-bond donors (Lipinski definition) is 1. The summed E-state index contributed by atoms with van der Waals surface area (Å²) in [7, 11) is 3.83. The van der Waals surface area contributed by atoms with E-state index >= 15 is 0 Å². The molecule has 108 valence electrons. The lowest BCUT2D eigenvalue weighted by Gasteiger charge is -2.23. The van der Waals surface area contributed by atoms with E-state index in [1.165, 1.54) is 12.0 Å². The lowest BCUT2D eigenvalue weighted by Crippen LogP contribution is -2.30. The summed E-state index contributed by atoms with van der Waals surface area (Å²) in [6.07, 6.45) is 1.20. The molecule has 1 aromatic carbocycles. The Morgan fingerprint density at radius 1 is 1.32 bits per heavy atom. The Labute approximate surface area is 117 Å². The van der Waals surface area contributed by atoms with Gasteiger partial charge < -0.3 is 15.4 Å². The molecule has 1 atom stereocenters. The van der Waals surface area contributed by atoms with Gasteiger partial charge in [0.25, 0.3) is 0 Å². The molecule has 1 aromatic rings. The Morgan fingerprint density at radius 3 is 2.58 bits per heavy atom. The summed E-state index contributed by atoms with van der Waals surface area (Å²) < 4.78 is 5.40. The number of hydrogen-bond acceptors (Lipinski definition) is 3. The van der Waals surface area contributed by atoms with Crippen molar-refractivity contribution in [1.82, 2.24) is 4.90 Å². The zero-order valence-electron chi connectivity index (χ0n) is 12.9. The van der Waals surface area contributed by atoms with Crippen LogP contribution in [0.1, 0.15) is 37.4 Å². The Kier molecular flexibility index (Phi) is 6.32. The molecule has 0 spiro atoms. The topological polar surface area (TPSA) is 38.5 Å². The second-order valence-electron chi connectivity index (χ2n) is 5.80. The van der Waals surface area contributed by atoms with Crippen molar-refractivity contribution >= 4 is 0 Å². The Bertz CT molecular complexity index is 390. The molecule has 0 aliphatic carbocycles. The van der Waals surface area contributed by atoms with E-state index in [0.29, 0.717) is 0 Å². The predicted octanol–water partition coefficient (Wildman–Crippen LogP) is 2.98. The molecule has 0 saturated carbocycles. The van der Waals surface area contributed by atoms with Crippen molar-refractivity contribution in [2.75, 3.05) is 27.2 Å². The van der Waals surface area contributed by atoms with E-state index in [1.807, 2.05) is 6.07 Å². The lowest BCUT2D eigenvalue weighted by atomic mass is 10.0. The highest BCUT2D eigenvalue weighted by atomic mass is 16.5. The summed E-state index contributed by atoms with van der Waals surface area (Å²) in [6.45, 7) is 8.51. The SMILES string of the molecule is COc1ccc(C)cc1C(N)CN(C)CCC(C)C. The number of rotatable bonds is 7. The van der Waals surface area contributed by atoms with E-state index in [9.17, 15) is 0 Å². The van der Waals surface area contributed by atoms with Gasteiger partial charge in [0.1, 0.15) is 5.75 Å². The Hall–Kier alpha value is -1.06. The summed E-state index contributed by atoms with van der Waals surface area (Å²) in [5.41, 5.74) is 8.64. The molecule has 0 saturated heterocycles. The van der Waals surface area contributed by atoms with E-state index in [4.69, 9.17) is 10.5 Å². The van der Waals surface area contributed by atoms with Crippen LogP contribution in [0.25, 0.3) is 0 Å². The van der Waals surface area contributed by atoms with Crippen molar-refractivity contribution in [2.45, 2.75) is 33.2 Å². The maximum Gasteiger partial charge on any atom is 0.123 e. The first-order valence-electron chi connectivity index (χ1n) is 7.02. The van der Waals surface area contributed by atoms with Crippen molar-refractivity contribution < 1.29 is 4.74 Å². The summed E-state index contributed by atoms with van der Waals surface area (Å²) >= 11 is 0. The Balaban J connectivity index is 2.66. The van der Waals surface area contributed by atoms with Gasteiger partial charge in [0, 0.05) is 18.2 Å². The number of nitrogens with zero attached hydrogens (tertiary/aromatic N) is 1. The average Bonchev–Trinajstić information content (AvgIpc) is 2.36. The van der Waals surface area contributed by atoms with Gasteiger partial charge in [0.15, 0.2) is 0 Å². The number of ether oxygens (including phenoxy) is 1. The molecule has 0 aliphatic rings. The summed E-state index contributed by atoms with van der Waals surface area (Å²) in [5.74, 6) is 1.61. The van der Waals surface area contributed by atoms with Gasteiger partial charge in [0.2, 0.25) is 0 Å². The van der Waals surface area contributed by atoms with Crippen molar-refractivity contribution in [1.29, 1.82) is 0 Å². The molecule has 2 N–H and O–H groups in total. The molecule has 19 heavy (non-hydrogen) atoms. The number of likely N-dealkylation sites (N-methyl/N-ethyl adjacent to an activating group) is 1. The molecule has 3 heteroatoms. The van der Waals surface area contributed by atoms with Gasteiger partial charge in [-0.2, -0.15) is 0 Å². The van der Waals surface area contributed by atoms with Crippen LogP contribution in [0.4, 0.5) is 0 Å². The lowest BCUT2D eigenvalue weighted by molar-refractivity contribution is 0.290. The minimum atomic E-state index is -0.00740. The fraction of sp³-hybridized carbons (Fsp3) is 0.625. The van der Waals surface area contributed by atoms with Crippen molar-refractivity contribution in [3.63, 3.8) is 0 Å². The minimum Gasteiger partial charge on any atom is -0.496 e. The van der Waals surface area contributed by atoms with E-state index in [1.54, 1.807) is 7.11 Å². The van der Waals surface area contributed by atoms with Crippen molar-refractivity contribution in [2.24, 2.45) is 11.7 Å². The monoisotopic (exact) mass is 264 g/mol. The van der Waals surface area contributed by atoms with Crippen LogP contribution in [0.2, 0.25) is 0 Å². The molecule has 0 heterocycles. The van der Waals surface area contributed by atoms with E-state index in [0.717, 1.165) is 30.3 Å². The second kappa shape index (κ2) is 7.51. The van der Waals surface area contributed by atoms with Crippen LogP contribution in [0.3, 0.4) is 0 Å². The number of aryl methyl sites for hydroxylation is 1. The third-order valence-corrected chi connectivity index (χ3v) is 3.38.